The molecule has 0 heterocycles. The standard InChI is InChI=1S/C58H109O2/c1-4-7-10-12-14-16-18-20-22-24-26-28-30-32-34-36-38-40-42-44-46-48-51-59-57-53-56(50-9-6-3)54-58(55-57)60-52-49-47-45-43-41-39-37-35-33-31-29-27-25-23-21-19-17-15-13-11-8-5-2/h53-55H,3-52H2,1-2H3. The van der Waals surface area contributed by atoms with E-state index in [1.807, 2.05) is 0 Å². The van der Waals surface area contributed by atoms with Crippen molar-refractivity contribution in [1.29, 1.82) is 0 Å². The van der Waals surface area contributed by atoms with Crippen molar-refractivity contribution in [3.05, 3.63) is 30.7 Å². The molecule has 2 nitrogen and oxygen atoms in total. The van der Waals surface area contributed by atoms with Crippen molar-refractivity contribution in [3.8, 4) is 11.5 Å². The predicted molar refractivity (Wildman–Crippen MR) is 270 cm³/mol. The fourth-order valence-electron chi connectivity index (χ4n) is 9.07. The molecule has 1 rings (SSSR count). The summed E-state index contributed by atoms with van der Waals surface area (Å²) in [6.07, 6.45) is 65.7. The molecular formula is C58H109O2. The van der Waals surface area contributed by atoms with E-state index in [2.05, 4.69) is 39.0 Å². The predicted octanol–water partition coefficient (Wildman–Crippen LogP) is 20.8. The van der Waals surface area contributed by atoms with Crippen LogP contribution in [0.3, 0.4) is 0 Å². The van der Waals surface area contributed by atoms with Gasteiger partial charge in [-0.05, 0) is 43.4 Å². The van der Waals surface area contributed by atoms with Gasteiger partial charge in [0.05, 0.1) is 13.2 Å². The number of aryl methyl sites for hydroxylation is 1. The minimum Gasteiger partial charge on any atom is -0.493 e. The van der Waals surface area contributed by atoms with Crippen LogP contribution in [0, 0.1) is 6.92 Å². The van der Waals surface area contributed by atoms with Crippen molar-refractivity contribution >= 4 is 0 Å². The number of unbranched alkanes of at least 4 members (excludes halogenated alkanes) is 43. The second-order valence-electron chi connectivity index (χ2n) is 19.3. The van der Waals surface area contributed by atoms with Crippen molar-refractivity contribution < 1.29 is 9.47 Å². The fraction of sp³-hybridized carbons (Fsp3) is 0.879. The van der Waals surface area contributed by atoms with Crippen LogP contribution in [0.4, 0.5) is 0 Å². The van der Waals surface area contributed by atoms with Crippen molar-refractivity contribution in [2.24, 2.45) is 0 Å². The van der Waals surface area contributed by atoms with Crippen molar-refractivity contribution in [2.45, 2.75) is 316 Å². The van der Waals surface area contributed by atoms with Gasteiger partial charge in [-0.15, -0.1) is 0 Å². The van der Waals surface area contributed by atoms with Crippen LogP contribution >= 0.6 is 0 Å². The Hall–Kier alpha value is -1.18. The normalized spacial score (nSPS) is 11.5. The second kappa shape index (κ2) is 48.8. The summed E-state index contributed by atoms with van der Waals surface area (Å²) in [5, 5.41) is 0. The van der Waals surface area contributed by atoms with Gasteiger partial charge in [0.25, 0.3) is 0 Å². The van der Waals surface area contributed by atoms with E-state index in [4.69, 9.17) is 9.47 Å². The minimum absolute atomic E-state index is 0.816. The van der Waals surface area contributed by atoms with E-state index in [0.29, 0.717) is 0 Å². The van der Waals surface area contributed by atoms with Crippen LogP contribution in [0.15, 0.2) is 18.2 Å². The van der Waals surface area contributed by atoms with Gasteiger partial charge >= 0.3 is 0 Å². The average molecular weight is 839 g/mol. The van der Waals surface area contributed by atoms with E-state index >= 15 is 0 Å². The quantitative estimate of drug-likeness (QED) is 0.0609. The van der Waals surface area contributed by atoms with Crippen LogP contribution in [0.2, 0.25) is 0 Å². The van der Waals surface area contributed by atoms with E-state index in [0.717, 1.165) is 56.8 Å². The average Bonchev–Trinajstić information content (AvgIpc) is 3.26. The first kappa shape index (κ1) is 56.8. The molecule has 1 aromatic rings. The molecule has 0 amide bonds. The lowest BCUT2D eigenvalue weighted by atomic mass is 10.0. The van der Waals surface area contributed by atoms with E-state index in [9.17, 15) is 0 Å². The topological polar surface area (TPSA) is 18.5 Å². The monoisotopic (exact) mass is 838 g/mol. The summed E-state index contributed by atoms with van der Waals surface area (Å²) < 4.78 is 12.5. The van der Waals surface area contributed by atoms with Crippen LogP contribution in [0.25, 0.3) is 0 Å². The van der Waals surface area contributed by atoms with Gasteiger partial charge in [0.2, 0.25) is 0 Å². The smallest absolute Gasteiger partial charge is 0.123 e. The largest absolute Gasteiger partial charge is 0.493 e. The minimum atomic E-state index is 0.816. The Morgan fingerprint density at radius 2 is 0.500 bits per heavy atom. The summed E-state index contributed by atoms with van der Waals surface area (Å²) in [5.74, 6) is 1.98. The highest BCUT2D eigenvalue weighted by Crippen LogP contribution is 2.26. The highest BCUT2D eigenvalue weighted by Gasteiger charge is 2.05. The Balaban J connectivity index is 1.94. The van der Waals surface area contributed by atoms with Gasteiger partial charge in [-0.2, -0.15) is 0 Å². The Morgan fingerprint density at radius 3 is 0.717 bits per heavy atom. The Bertz CT molecular complexity index is 872. The maximum Gasteiger partial charge on any atom is 0.123 e. The lowest BCUT2D eigenvalue weighted by Gasteiger charge is -2.13. The summed E-state index contributed by atoms with van der Waals surface area (Å²) in [5.41, 5.74) is 1.33. The Morgan fingerprint density at radius 1 is 0.283 bits per heavy atom. The fourth-order valence-corrected chi connectivity index (χ4v) is 9.07. The van der Waals surface area contributed by atoms with Crippen LogP contribution in [-0.4, -0.2) is 13.2 Å². The van der Waals surface area contributed by atoms with E-state index in [-0.39, 0.29) is 0 Å². The zero-order valence-electron chi connectivity index (χ0n) is 41.4. The van der Waals surface area contributed by atoms with Crippen LogP contribution in [0.1, 0.15) is 315 Å². The van der Waals surface area contributed by atoms with Crippen LogP contribution in [0.5, 0.6) is 11.5 Å². The molecule has 0 aliphatic heterocycles. The van der Waals surface area contributed by atoms with E-state index in [1.165, 1.54) is 275 Å². The lowest BCUT2D eigenvalue weighted by molar-refractivity contribution is 0.289. The molecule has 1 aromatic carbocycles. The molecule has 2 heteroatoms. The SMILES string of the molecule is [CH2]CCCc1cc(OCCCCCCCCCCCCCCCCCCCCCCCC)cc(OCCCCCCCCCCCCCCCCCCCCCCCC)c1. The first-order valence-electron chi connectivity index (χ1n) is 28.0. The zero-order valence-corrected chi connectivity index (χ0v) is 41.4. The third-order valence-electron chi connectivity index (χ3n) is 13.2. The molecule has 0 fully saturated rings. The molecule has 0 unspecified atom stereocenters. The summed E-state index contributed by atoms with van der Waals surface area (Å²) in [4.78, 5) is 0. The molecule has 0 aromatic heterocycles. The van der Waals surface area contributed by atoms with Crippen molar-refractivity contribution in [1.82, 2.24) is 0 Å². The summed E-state index contributed by atoms with van der Waals surface area (Å²) in [6.45, 7) is 10.3. The Kier molecular flexibility index (Phi) is 46.3. The molecule has 60 heavy (non-hydrogen) atoms. The summed E-state index contributed by atoms with van der Waals surface area (Å²) in [6, 6.07) is 6.60. The molecule has 0 N–H and O–H groups in total. The number of hydrogen-bond acceptors (Lipinski definition) is 2. The molecule has 353 valence electrons. The van der Waals surface area contributed by atoms with Gasteiger partial charge < -0.3 is 9.47 Å². The molecular weight excluding hydrogens is 729 g/mol. The first-order valence-corrected chi connectivity index (χ1v) is 28.0. The summed E-state index contributed by atoms with van der Waals surface area (Å²) in [7, 11) is 0. The number of hydrogen-bond donors (Lipinski definition) is 0. The highest BCUT2D eigenvalue weighted by molar-refractivity contribution is 5.38. The number of ether oxygens (including phenoxy) is 2. The first-order chi connectivity index (χ1) is 29.8. The Labute approximate surface area is 379 Å². The molecule has 0 bridgehead atoms. The van der Waals surface area contributed by atoms with Gasteiger partial charge in [0.1, 0.15) is 11.5 Å². The van der Waals surface area contributed by atoms with Crippen LogP contribution < -0.4 is 9.47 Å². The maximum atomic E-state index is 6.27. The van der Waals surface area contributed by atoms with Crippen LogP contribution in [-0.2, 0) is 6.42 Å². The van der Waals surface area contributed by atoms with E-state index in [1.54, 1.807) is 0 Å². The molecule has 0 saturated heterocycles. The molecule has 0 saturated carbocycles. The number of benzene rings is 1. The van der Waals surface area contributed by atoms with Gasteiger partial charge in [0.15, 0.2) is 0 Å². The second-order valence-corrected chi connectivity index (χ2v) is 19.3. The molecule has 0 aliphatic rings. The maximum absolute atomic E-state index is 6.27. The van der Waals surface area contributed by atoms with Gasteiger partial charge in [-0.1, -0.05) is 297 Å². The number of rotatable bonds is 51. The lowest BCUT2D eigenvalue weighted by Crippen LogP contribution is -2.01. The zero-order chi connectivity index (χ0) is 42.9. The van der Waals surface area contributed by atoms with Crippen molar-refractivity contribution in [3.63, 3.8) is 0 Å². The molecule has 0 aliphatic carbocycles. The van der Waals surface area contributed by atoms with Gasteiger partial charge in [-0.3, -0.25) is 0 Å². The van der Waals surface area contributed by atoms with E-state index < -0.39 is 0 Å². The molecule has 1 radical (unpaired) electrons. The third-order valence-corrected chi connectivity index (χ3v) is 13.2. The summed E-state index contributed by atoms with van der Waals surface area (Å²) >= 11 is 0. The molecule has 0 spiro atoms. The van der Waals surface area contributed by atoms with Gasteiger partial charge in [0, 0.05) is 6.07 Å². The molecule has 0 atom stereocenters. The highest BCUT2D eigenvalue weighted by atomic mass is 16.5. The van der Waals surface area contributed by atoms with Gasteiger partial charge in [-0.25, -0.2) is 0 Å². The third kappa shape index (κ3) is 42.1. The van der Waals surface area contributed by atoms with Crippen molar-refractivity contribution in [2.75, 3.05) is 13.2 Å².